The molecule has 4 nitrogen and oxygen atoms in total. The molecule has 1 aliphatic heterocycles. The molecule has 0 unspecified atom stereocenters. The SMILES string of the molecule is CC1(C)C=NN=c2c(n(-c3ccccc3)c3ccncc23)=C1. The Labute approximate surface area is 128 Å². The van der Waals surface area contributed by atoms with Gasteiger partial charge in [-0.1, -0.05) is 32.0 Å². The van der Waals surface area contributed by atoms with Gasteiger partial charge in [0.05, 0.1) is 10.9 Å². The van der Waals surface area contributed by atoms with Crippen LogP contribution in [0.25, 0.3) is 22.7 Å². The largest absolute Gasteiger partial charge is 0.308 e. The summed E-state index contributed by atoms with van der Waals surface area (Å²) in [6.45, 7) is 4.26. The maximum atomic E-state index is 4.43. The van der Waals surface area contributed by atoms with Crippen molar-refractivity contribution in [2.75, 3.05) is 0 Å². The van der Waals surface area contributed by atoms with Crippen LogP contribution in [0.2, 0.25) is 0 Å². The van der Waals surface area contributed by atoms with Gasteiger partial charge >= 0.3 is 0 Å². The maximum Gasteiger partial charge on any atom is 0.120 e. The van der Waals surface area contributed by atoms with E-state index in [1.807, 2.05) is 42.9 Å². The third kappa shape index (κ3) is 1.96. The standard InChI is InChI=1S/C18H16N4/c1-18(2)10-16-17(21-20-12-18)14-11-19-9-8-15(14)22(16)13-6-4-3-5-7-13/h3-12H,1-2H3. The van der Waals surface area contributed by atoms with Crippen LogP contribution in [-0.2, 0) is 0 Å². The van der Waals surface area contributed by atoms with E-state index in [1.165, 1.54) is 0 Å². The van der Waals surface area contributed by atoms with Gasteiger partial charge in [-0.05, 0) is 24.3 Å². The van der Waals surface area contributed by atoms with Crippen molar-refractivity contribution < 1.29 is 0 Å². The number of nitrogens with zero attached hydrogens (tertiary/aromatic N) is 4. The summed E-state index contributed by atoms with van der Waals surface area (Å²) < 4.78 is 2.23. The Hall–Kier alpha value is -2.75. The molecule has 0 fully saturated rings. The topological polar surface area (TPSA) is 42.5 Å². The van der Waals surface area contributed by atoms with Crippen molar-refractivity contribution in [3.05, 3.63) is 59.5 Å². The number of benzene rings is 1. The van der Waals surface area contributed by atoms with E-state index in [0.717, 1.165) is 27.3 Å². The Balaban J connectivity index is 2.24. The van der Waals surface area contributed by atoms with Crippen molar-refractivity contribution >= 4 is 23.2 Å². The number of rotatable bonds is 1. The first-order valence-electron chi connectivity index (χ1n) is 7.31. The summed E-state index contributed by atoms with van der Waals surface area (Å²) >= 11 is 0. The third-order valence-corrected chi connectivity index (χ3v) is 3.85. The number of hydrogen-bond acceptors (Lipinski definition) is 3. The lowest BCUT2D eigenvalue weighted by Crippen LogP contribution is -2.30. The van der Waals surface area contributed by atoms with Crippen LogP contribution in [0.4, 0.5) is 0 Å². The molecule has 0 bridgehead atoms. The number of hydrogen-bond donors (Lipinski definition) is 0. The van der Waals surface area contributed by atoms with Gasteiger partial charge < -0.3 is 4.57 Å². The molecular formula is C18H16N4. The molecule has 108 valence electrons. The van der Waals surface area contributed by atoms with E-state index in [-0.39, 0.29) is 5.41 Å². The summed E-state index contributed by atoms with van der Waals surface area (Å²) in [5.74, 6) is 0. The molecule has 0 amide bonds. The molecule has 0 N–H and O–H groups in total. The lowest BCUT2D eigenvalue weighted by Gasteiger charge is -2.12. The molecule has 2 aromatic heterocycles. The predicted octanol–water partition coefficient (Wildman–Crippen LogP) is 2.45. The molecule has 3 heterocycles. The zero-order valence-electron chi connectivity index (χ0n) is 12.6. The number of aromatic nitrogens is 2. The van der Waals surface area contributed by atoms with Gasteiger partial charge in [0.15, 0.2) is 0 Å². The summed E-state index contributed by atoms with van der Waals surface area (Å²) in [4.78, 5) is 4.26. The normalized spacial score (nSPS) is 15.7. The molecule has 1 aliphatic rings. The highest BCUT2D eigenvalue weighted by atomic mass is 15.2. The third-order valence-electron chi connectivity index (χ3n) is 3.85. The van der Waals surface area contributed by atoms with E-state index in [2.05, 4.69) is 51.8 Å². The van der Waals surface area contributed by atoms with Crippen LogP contribution in [0.3, 0.4) is 0 Å². The van der Waals surface area contributed by atoms with Crippen LogP contribution in [-0.4, -0.2) is 15.8 Å². The smallest absolute Gasteiger partial charge is 0.120 e. The molecule has 1 aromatic carbocycles. The van der Waals surface area contributed by atoms with Crippen molar-refractivity contribution in [2.45, 2.75) is 13.8 Å². The fourth-order valence-electron chi connectivity index (χ4n) is 2.86. The Kier molecular flexibility index (Phi) is 2.73. The van der Waals surface area contributed by atoms with E-state index in [4.69, 9.17) is 0 Å². The summed E-state index contributed by atoms with van der Waals surface area (Å²) in [6, 6.07) is 12.3. The fourth-order valence-corrected chi connectivity index (χ4v) is 2.86. The lowest BCUT2D eigenvalue weighted by atomic mass is 9.95. The molecule has 0 spiro atoms. The van der Waals surface area contributed by atoms with E-state index in [9.17, 15) is 0 Å². The lowest BCUT2D eigenvalue weighted by molar-refractivity contribution is 0.735. The van der Waals surface area contributed by atoms with Crippen molar-refractivity contribution in [1.82, 2.24) is 9.55 Å². The fraction of sp³-hybridized carbons (Fsp3) is 0.167. The molecular weight excluding hydrogens is 272 g/mol. The van der Waals surface area contributed by atoms with Crippen LogP contribution >= 0.6 is 0 Å². The van der Waals surface area contributed by atoms with Crippen LogP contribution in [0, 0.1) is 5.41 Å². The number of fused-ring (bicyclic) bond motifs is 3. The number of pyridine rings is 1. The molecule has 0 atom stereocenters. The highest BCUT2D eigenvalue weighted by Gasteiger charge is 2.18. The second kappa shape index (κ2) is 4.63. The van der Waals surface area contributed by atoms with Crippen LogP contribution < -0.4 is 10.7 Å². The van der Waals surface area contributed by atoms with Crippen molar-refractivity contribution in [1.29, 1.82) is 0 Å². The highest BCUT2D eigenvalue weighted by Crippen LogP contribution is 2.18. The van der Waals surface area contributed by atoms with Gasteiger partial charge in [-0.2, -0.15) is 5.10 Å². The summed E-state index contributed by atoms with van der Waals surface area (Å²) in [7, 11) is 0. The first-order valence-corrected chi connectivity index (χ1v) is 7.31. The quantitative estimate of drug-likeness (QED) is 0.678. The molecule has 0 saturated carbocycles. The van der Waals surface area contributed by atoms with Crippen LogP contribution in [0.15, 0.2) is 59.0 Å². The van der Waals surface area contributed by atoms with Gasteiger partial charge in [-0.25, -0.2) is 0 Å². The Morgan fingerprint density at radius 3 is 2.68 bits per heavy atom. The second-order valence-corrected chi connectivity index (χ2v) is 6.11. The monoisotopic (exact) mass is 288 g/mol. The second-order valence-electron chi connectivity index (χ2n) is 6.11. The molecule has 0 radical (unpaired) electrons. The minimum absolute atomic E-state index is 0.150. The highest BCUT2D eigenvalue weighted by molar-refractivity contribution is 5.83. The number of para-hydroxylation sites is 1. The van der Waals surface area contributed by atoms with Crippen LogP contribution in [0.1, 0.15) is 13.8 Å². The summed E-state index contributed by atoms with van der Waals surface area (Å²) in [6.07, 6.45) is 7.77. The summed E-state index contributed by atoms with van der Waals surface area (Å²) in [5, 5.41) is 11.7. The first kappa shape index (κ1) is 13.0. The maximum absolute atomic E-state index is 4.43. The Bertz CT molecular complexity index is 995. The predicted molar refractivity (Wildman–Crippen MR) is 88.6 cm³/mol. The summed E-state index contributed by atoms with van der Waals surface area (Å²) in [5.41, 5.74) is 2.06. The average molecular weight is 288 g/mol. The van der Waals surface area contributed by atoms with E-state index >= 15 is 0 Å². The minimum Gasteiger partial charge on any atom is -0.308 e. The van der Waals surface area contributed by atoms with Crippen LogP contribution in [0.5, 0.6) is 0 Å². The van der Waals surface area contributed by atoms with Gasteiger partial charge in [-0.3, -0.25) is 4.98 Å². The first-order chi connectivity index (χ1) is 10.7. The van der Waals surface area contributed by atoms with Crippen molar-refractivity contribution in [2.24, 2.45) is 15.6 Å². The molecule has 3 aromatic rings. The van der Waals surface area contributed by atoms with Gasteiger partial charge in [0.25, 0.3) is 0 Å². The average Bonchev–Trinajstić information content (AvgIpc) is 2.71. The molecule has 4 heteroatoms. The Morgan fingerprint density at radius 2 is 1.86 bits per heavy atom. The van der Waals surface area contributed by atoms with E-state index in [0.29, 0.717) is 0 Å². The molecule has 22 heavy (non-hydrogen) atoms. The van der Waals surface area contributed by atoms with E-state index < -0.39 is 0 Å². The zero-order chi connectivity index (χ0) is 15.2. The molecule has 0 saturated heterocycles. The minimum atomic E-state index is -0.150. The molecule has 4 rings (SSSR count). The van der Waals surface area contributed by atoms with Gasteiger partial charge in [-0.15, -0.1) is 5.10 Å². The van der Waals surface area contributed by atoms with E-state index in [1.54, 1.807) is 0 Å². The van der Waals surface area contributed by atoms with Gasteiger partial charge in [0.2, 0.25) is 0 Å². The van der Waals surface area contributed by atoms with Crippen molar-refractivity contribution in [3.63, 3.8) is 0 Å². The molecule has 0 aliphatic carbocycles. The zero-order valence-corrected chi connectivity index (χ0v) is 12.6. The Morgan fingerprint density at radius 1 is 1.05 bits per heavy atom. The van der Waals surface area contributed by atoms with Gasteiger partial charge in [0, 0.05) is 35.1 Å². The van der Waals surface area contributed by atoms with Crippen molar-refractivity contribution in [3.8, 4) is 5.69 Å². The van der Waals surface area contributed by atoms with Gasteiger partial charge in [0.1, 0.15) is 5.36 Å².